The lowest BCUT2D eigenvalue weighted by atomic mass is 9.72. The molecule has 0 aliphatic carbocycles. The highest BCUT2D eigenvalue weighted by Crippen LogP contribution is 2.47. The van der Waals surface area contributed by atoms with Crippen molar-refractivity contribution < 1.29 is 0 Å². The van der Waals surface area contributed by atoms with Gasteiger partial charge in [-0.1, -0.05) is 178 Å². The first-order valence-corrected chi connectivity index (χ1v) is 33.4. The van der Waals surface area contributed by atoms with Crippen LogP contribution in [0.3, 0.4) is 0 Å². The molecule has 0 saturated heterocycles. The number of aromatic nitrogens is 6. The van der Waals surface area contributed by atoms with Gasteiger partial charge in [0.2, 0.25) is 0 Å². The summed E-state index contributed by atoms with van der Waals surface area (Å²) in [4.78, 5) is 8.93. The largest absolute Gasteiger partial charge is 0.309 e. The maximum absolute atomic E-state index is 11.5. The van der Waals surface area contributed by atoms with Crippen molar-refractivity contribution in [1.82, 2.24) is 28.2 Å². The molecule has 0 unspecified atom stereocenters. The second-order valence-electron chi connectivity index (χ2n) is 29.6. The quantitative estimate of drug-likeness (QED) is 0.129. The molecule has 0 atom stereocenters. The van der Waals surface area contributed by atoms with Crippen LogP contribution in [0.15, 0.2) is 243 Å². The van der Waals surface area contributed by atoms with Crippen molar-refractivity contribution in [1.29, 1.82) is 10.5 Å². The maximum atomic E-state index is 11.5. The summed E-state index contributed by atoms with van der Waals surface area (Å²) in [5.74, 6) is 0. The van der Waals surface area contributed by atoms with E-state index in [1.54, 1.807) is 0 Å². The summed E-state index contributed by atoms with van der Waals surface area (Å²) >= 11 is 0. The molecule has 16 rings (SSSR count). The number of benzene rings is 10. The molecule has 0 aliphatic rings. The normalized spacial score (nSPS) is 12.5. The van der Waals surface area contributed by atoms with E-state index in [4.69, 9.17) is 0 Å². The second kappa shape index (κ2) is 22.2. The molecule has 6 heterocycles. The molecule has 6 aromatic heterocycles. The van der Waals surface area contributed by atoms with Gasteiger partial charge in [0, 0.05) is 79.0 Å². The summed E-state index contributed by atoms with van der Waals surface area (Å²) in [6.45, 7) is 23.1. The molecule has 10 aromatic carbocycles. The highest BCUT2D eigenvalue weighted by atomic mass is 15.0. The van der Waals surface area contributed by atoms with Crippen molar-refractivity contribution in [2.24, 2.45) is 0 Å². The van der Waals surface area contributed by atoms with Gasteiger partial charge in [0.05, 0.1) is 78.0 Å². The van der Waals surface area contributed by atoms with E-state index in [1.165, 1.54) is 38.4 Å². The van der Waals surface area contributed by atoms with Crippen molar-refractivity contribution in [3.8, 4) is 57.1 Å². The fourth-order valence-electron chi connectivity index (χ4n) is 15.2. The molecule has 0 aliphatic heterocycles. The molecule has 0 radical (unpaired) electrons. The fraction of sp³-hybridized carbons (Fsp3) is 0.182. The summed E-state index contributed by atoms with van der Waals surface area (Å²) in [7, 11) is 0. The summed E-state index contributed by atoms with van der Waals surface area (Å²) in [6, 6.07) is 84.6. The zero-order valence-corrected chi connectivity index (χ0v) is 56.1. The van der Waals surface area contributed by atoms with E-state index >= 15 is 0 Å². The smallest absolute Gasteiger partial charge is 0.101 e. The lowest BCUT2D eigenvalue weighted by molar-refractivity contribution is 0.375. The van der Waals surface area contributed by atoms with Crippen LogP contribution in [-0.4, -0.2) is 28.2 Å². The molecule has 8 nitrogen and oxygen atoms in total. The van der Waals surface area contributed by atoms with Crippen LogP contribution in [0.5, 0.6) is 0 Å². The topological polar surface area (TPSA) is 93.1 Å². The average molecular weight is 1240 g/mol. The van der Waals surface area contributed by atoms with Crippen LogP contribution >= 0.6 is 0 Å². The number of hydrogen-bond acceptors (Lipinski definition) is 4. The zero-order valence-electron chi connectivity index (χ0n) is 56.1. The molecule has 16 aromatic rings. The Kier molecular flexibility index (Phi) is 13.8. The number of hydrogen-bond donors (Lipinski definition) is 0. The number of rotatable bonds is 11. The Morgan fingerprint density at radius 1 is 0.292 bits per heavy atom. The third-order valence-corrected chi connectivity index (χ3v) is 20.8. The minimum absolute atomic E-state index is 0.0330. The van der Waals surface area contributed by atoms with Gasteiger partial charge in [-0.2, -0.15) is 10.5 Å². The van der Waals surface area contributed by atoms with Crippen molar-refractivity contribution in [2.45, 2.75) is 104 Å². The van der Waals surface area contributed by atoms with Crippen LogP contribution < -0.4 is 0 Å². The van der Waals surface area contributed by atoms with Gasteiger partial charge in [-0.05, 0) is 177 Å². The summed E-state index contributed by atoms with van der Waals surface area (Å²) in [5, 5.41) is 32.1. The van der Waals surface area contributed by atoms with E-state index < -0.39 is 0 Å². The molecule has 0 amide bonds. The van der Waals surface area contributed by atoms with Crippen LogP contribution in [0.1, 0.15) is 115 Å². The Labute approximate surface area is 560 Å². The third-order valence-electron chi connectivity index (χ3n) is 20.8. The Morgan fingerprint density at radius 3 is 1.02 bits per heavy atom. The van der Waals surface area contributed by atoms with E-state index in [9.17, 15) is 10.5 Å². The van der Waals surface area contributed by atoms with Crippen LogP contribution in [-0.2, 0) is 21.7 Å². The summed E-state index contributed by atoms with van der Waals surface area (Å²) < 4.78 is 9.35. The third kappa shape index (κ3) is 9.60. The number of nitriles is 2. The molecule has 0 N–H and O–H groups in total. The van der Waals surface area contributed by atoms with Crippen molar-refractivity contribution in [3.05, 3.63) is 277 Å². The highest BCUT2D eigenvalue weighted by molar-refractivity contribution is 6.14. The lowest BCUT2D eigenvalue weighted by Gasteiger charge is -2.32. The van der Waals surface area contributed by atoms with E-state index in [0.717, 1.165) is 129 Å². The van der Waals surface area contributed by atoms with E-state index in [0.29, 0.717) is 11.1 Å². The van der Waals surface area contributed by atoms with E-state index in [2.05, 4.69) is 328 Å². The first kappa shape index (κ1) is 59.7. The average Bonchev–Trinajstić information content (AvgIpc) is 1.55. The van der Waals surface area contributed by atoms with Gasteiger partial charge in [0.15, 0.2) is 0 Å². The van der Waals surface area contributed by atoms with Crippen molar-refractivity contribution >= 4 is 87.2 Å². The number of nitrogens with zero attached hydrogens (tertiary/aromatic N) is 8. The molecule has 96 heavy (non-hydrogen) atoms. The number of pyridine rings is 2. The van der Waals surface area contributed by atoms with Gasteiger partial charge in [0.1, 0.15) is 12.1 Å². The van der Waals surface area contributed by atoms with Gasteiger partial charge in [-0.25, -0.2) is 0 Å². The van der Waals surface area contributed by atoms with Gasteiger partial charge < -0.3 is 18.3 Å². The Morgan fingerprint density at radius 2 is 0.594 bits per heavy atom. The molecule has 0 fully saturated rings. The first-order chi connectivity index (χ1) is 46.3. The molecule has 0 saturated carbocycles. The first-order valence-electron chi connectivity index (χ1n) is 33.4. The van der Waals surface area contributed by atoms with Crippen molar-refractivity contribution in [3.63, 3.8) is 0 Å². The highest BCUT2D eigenvalue weighted by Gasteiger charge is 2.31. The predicted molar refractivity (Wildman–Crippen MR) is 399 cm³/mol. The second-order valence-corrected chi connectivity index (χ2v) is 29.6. The van der Waals surface area contributed by atoms with Crippen LogP contribution in [0.25, 0.3) is 132 Å². The molecular weight excluding hydrogens is 1170 g/mol. The van der Waals surface area contributed by atoms with Gasteiger partial charge >= 0.3 is 0 Å². The molecular formula is C88H74N8. The van der Waals surface area contributed by atoms with E-state index in [1.807, 2.05) is 24.8 Å². The van der Waals surface area contributed by atoms with Crippen molar-refractivity contribution in [2.75, 3.05) is 0 Å². The summed E-state index contributed by atoms with van der Waals surface area (Å²) in [5.41, 5.74) is 21.7. The Balaban J connectivity index is 0.783. The monoisotopic (exact) mass is 1240 g/mol. The van der Waals surface area contributed by atoms with Crippen LogP contribution in [0, 0.1) is 22.7 Å². The van der Waals surface area contributed by atoms with Crippen LogP contribution in [0.4, 0.5) is 0 Å². The van der Waals surface area contributed by atoms with Gasteiger partial charge in [-0.15, -0.1) is 0 Å². The fourth-order valence-corrected chi connectivity index (χ4v) is 15.2. The van der Waals surface area contributed by atoms with Crippen LogP contribution in [0.2, 0.25) is 0 Å². The van der Waals surface area contributed by atoms with E-state index in [-0.39, 0.29) is 21.7 Å². The SMILES string of the molecule is CC(C)(C)c1ccc2c(c1)c1ccccc1n2-c1cc(-c2ccncc2)c(-n2c3ccccc3c3cc(C(C)(C)CCC(C)(C)c4ccc5c6ccccc6n(-c6cc(-c7ccncc7)c(-n7c8ccccc8c8ccc(C(C)(C)C)cc87)cc6C#N)c5c4)ccc32)cc1C#N. The van der Waals surface area contributed by atoms with Gasteiger partial charge in [0.25, 0.3) is 0 Å². The zero-order chi connectivity index (χ0) is 66.2. The number of fused-ring (bicyclic) bond motifs is 12. The maximum Gasteiger partial charge on any atom is 0.101 e. The molecule has 466 valence electrons. The number of para-hydroxylation sites is 4. The minimum Gasteiger partial charge on any atom is -0.309 e. The molecule has 0 bridgehead atoms. The molecule has 0 spiro atoms. The predicted octanol–water partition coefficient (Wildman–Crippen LogP) is 22.6. The Bertz CT molecular complexity index is 5940. The lowest BCUT2D eigenvalue weighted by Crippen LogP contribution is -2.24. The Hall–Kier alpha value is -11.3. The summed E-state index contributed by atoms with van der Waals surface area (Å²) in [6.07, 6.45) is 9.25. The molecule has 8 heteroatoms. The standard InChI is InChI=1S/C88H74N8/c1-85(2,3)59-29-33-77-71(47-59)65-21-13-17-25-75(65)93(77)79-51-69(55-35-41-91-42-36-55)81(45-57(79)53-89)94-76-26-18-14-22-66(76)72-48-61(30-34-78(72)94)87(7,8)39-40-88(9,10)62-28-32-68-63-19-11-15-23-73(63)95(84(68)50-62)80-52-70(56-37-43-92-44-38-56)82(46-58(80)54-90)96-74-24-16-12-20-64(74)67-31-27-60(49-83(67)96)86(4,5)6/h11-38,41-52H,39-40H2,1-10H3. The van der Waals surface area contributed by atoms with Gasteiger partial charge in [-0.3, -0.25) is 9.97 Å². The minimum atomic E-state index is -0.248.